The van der Waals surface area contributed by atoms with E-state index in [1.54, 1.807) is 0 Å². The molecule has 0 aliphatic heterocycles. The highest BCUT2D eigenvalue weighted by atomic mass is 15.1. The Morgan fingerprint density at radius 3 is 1.36 bits per heavy atom. The van der Waals surface area contributed by atoms with E-state index < -0.39 is 0 Å². The van der Waals surface area contributed by atoms with Crippen LogP contribution in [0.5, 0.6) is 0 Å². The summed E-state index contributed by atoms with van der Waals surface area (Å²) in [6.07, 6.45) is 0. The molecule has 0 saturated carbocycles. The van der Waals surface area contributed by atoms with Gasteiger partial charge in [-0.2, -0.15) is 0 Å². The van der Waals surface area contributed by atoms with Crippen molar-refractivity contribution in [3.63, 3.8) is 0 Å². The van der Waals surface area contributed by atoms with Crippen molar-refractivity contribution in [2.24, 2.45) is 11.3 Å². The first-order valence-corrected chi connectivity index (χ1v) is 4.43. The Bertz CT molecular complexity index is 101. The van der Waals surface area contributed by atoms with E-state index in [-0.39, 0.29) is 0 Å². The van der Waals surface area contributed by atoms with E-state index in [9.17, 15) is 0 Å². The zero-order valence-corrected chi connectivity index (χ0v) is 9.10. The Labute approximate surface area is 71.8 Å². The van der Waals surface area contributed by atoms with Crippen molar-refractivity contribution in [2.75, 3.05) is 14.1 Å². The lowest BCUT2D eigenvalue weighted by Gasteiger charge is -2.39. The van der Waals surface area contributed by atoms with Gasteiger partial charge in [-0.15, -0.1) is 0 Å². The largest absolute Gasteiger partial charge is 0.306 e. The molecule has 0 heterocycles. The molecule has 0 spiro atoms. The van der Waals surface area contributed by atoms with Gasteiger partial charge < -0.3 is 4.90 Å². The van der Waals surface area contributed by atoms with Crippen LogP contribution in [0.15, 0.2) is 0 Å². The molecule has 0 rings (SSSR count). The van der Waals surface area contributed by atoms with Crippen LogP contribution in [0.1, 0.15) is 34.6 Å². The van der Waals surface area contributed by atoms with Crippen LogP contribution in [0.25, 0.3) is 0 Å². The van der Waals surface area contributed by atoms with E-state index in [2.05, 4.69) is 53.6 Å². The van der Waals surface area contributed by atoms with Crippen molar-refractivity contribution in [3.05, 3.63) is 0 Å². The third-order valence-corrected chi connectivity index (χ3v) is 2.08. The van der Waals surface area contributed by atoms with Crippen molar-refractivity contribution in [1.29, 1.82) is 0 Å². The zero-order valence-electron chi connectivity index (χ0n) is 9.10. The maximum atomic E-state index is 2.32. The van der Waals surface area contributed by atoms with Crippen molar-refractivity contribution in [1.82, 2.24) is 4.90 Å². The fraction of sp³-hybridized carbons (Fsp3) is 1.00. The molecule has 1 unspecified atom stereocenters. The molecule has 1 nitrogen and oxygen atoms in total. The van der Waals surface area contributed by atoms with Gasteiger partial charge in [0.15, 0.2) is 0 Å². The van der Waals surface area contributed by atoms with E-state index in [0.717, 1.165) is 5.92 Å². The van der Waals surface area contributed by atoms with Crippen LogP contribution in [0, 0.1) is 11.3 Å². The lowest BCUT2D eigenvalue weighted by Crippen LogP contribution is -2.43. The first-order chi connectivity index (χ1) is 4.76. The van der Waals surface area contributed by atoms with E-state index in [0.29, 0.717) is 11.5 Å². The molecule has 68 valence electrons. The molecule has 0 bridgehead atoms. The lowest BCUT2D eigenvalue weighted by molar-refractivity contribution is 0.108. The van der Waals surface area contributed by atoms with E-state index in [1.165, 1.54) is 0 Å². The monoisotopic (exact) mass is 157 g/mol. The minimum absolute atomic E-state index is 0.387. The zero-order chi connectivity index (χ0) is 9.23. The quantitative estimate of drug-likeness (QED) is 0.595. The molecule has 11 heavy (non-hydrogen) atoms. The highest BCUT2D eigenvalue weighted by Crippen LogP contribution is 2.28. The minimum Gasteiger partial charge on any atom is -0.306 e. The third kappa shape index (κ3) is 3.24. The number of hydrogen-bond donors (Lipinski definition) is 0. The van der Waals surface area contributed by atoms with Gasteiger partial charge in [0.25, 0.3) is 0 Å². The number of nitrogens with zero attached hydrogens (tertiary/aromatic N) is 1. The fourth-order valence-corrected chi connectivity index (χ4v) is 2.37. The van der Waals surface area contributed by atoms with Crippen LogP contribution in [-0.2, 0) is 0 Å². The Morgan fingerprint density at radius 2 is 1.36 bits per heavy atom. The van der Waals surface area contributed by atoms with Gasteiger partial charge in [-0.25, -0.2) is 0 Å². The van der Waals surface area contributed by atoms with Gasteiger partial charge >= 0.3 is 0 Å². The molecule has 1 heteroatoms. The molecule has 1 atom stereocenters. The second-order valence-corrected chi connectivity index (χ2v) is 5.02. The second-order valence-electron chi connectivity index (χ2n) is 5.02. The molecule has 0 radical (unpaired) electrons. The van der Waals surface area contributed by atoms with Crippen LogP contribution >= 0.6 is 0 Å². The Morgan fingerprint density at radius 1 is 1.00 bits per heavy atom. The smallest absolute Gasteiger partial charge is 0.0161 e. The molecule has 0 aromatic rings. The van der Waals surface area contributed by atoms with Crippen LogP contribution in [0.3, 0.4) is 0 Å². The number of hydrogen-bond acceptors (Lipinski definition) is 1. The van der Waals surface area contributed by atoms with Gasteiger partial charge in [-0.1, -0.05) is 34.6 Å². The summed E-state index contributed by atoms with van der Waals surface area (Å²) in [6, 6.07) is 0.669. The predicted molar refractivity (Wildman–Crippen MR) is 51.8 cm³/mol. The van der Waals surface area contributed by atoms with Gasteiger partial charge in [0.1, 0.15) is 0 Å². The lowest BCUT2D eigenvalue weighted by atomic mass is 9.79. The summed E-state index contributed by atoms with van der Waals surface area (Å²) in [6.45, 7) is 11.5. The third-order valence-electron chi connectivity index (χ3n) is 2.08. The minimum atomic E-state index is 0.387. The van der Waals surface area contributed by atoms with Crippen LogP contribution in [-0.4, -0.2) is 25.0 Å². The molecular formula is C10H23N. The first-order valence-electron chi connectivity index (χ1n) is 4.43. The summed E-state index contributed by atoms with van der Waals surface area (Å²) in [4.78, 5) is 2.32. The Balaban J connectivity index is 4.35. The molecule has 0 fully saturated rings. The fourth-order valence-electron chi connectivity index (χ4n) is 2.37. The van der Waals surface area contributed by atoms with Crippen LogP contribution < -0.4 is 0 Å². The first kappa shape index (κ1) is 11.0. The molecule has 0 aliphatic carbocycles. The molecule has 0 aromatic heterocycles. The summed E-state index contributed by atoms with van der Waals surface area (Å²) >= 11 is 0. The molecule has 0 N–H and O–H groups in total. The van der Waals surface area contributed by atoms with Crippen molar-refractivity contribution in [3.8, 4) is 0 Å². The van der Waals surface area contributed by atoms with Gasteiger partial charge in [0.05, 0.1) is 0 Å². The summed E-state index contributed by atoms with van der Waals surface area (Å²) < 4.78 is 0. The average molecular weight is 157 g/mol. The van der Waals surface area contributed by atoms with Gasteiger partial charge in [-0.3, -0.25) is 0 Å². The maximum absolute atomic E-state index is 2.32. The standard InChI is InChI=1S/C10H23N/c1-8(2)9(11(6)7)10(3,4)5/h8-9H,1-7H3. The average Bonchev–Trinajstić information content (AvgIpc) is 1.54. The highest BCUT2D eigenvalue weighted by molar-refractivity contribution is 4.82. The molecular weight excluding hydrogens is 134 g/mol. The summed E-state index contributed by atoms with van der Waals surface area (Å²) in [5, 5.41) is 0. The van der Waals surface area contributed by atoms with Crippen molar-refractivity contribution < 1.29 is 0 Å². The topological polar surface area (TPSA) is 3.24 Å². The van der Waals surface area contributed by atoms with Crippen LogP contribution in [0.2, 0.25) is 0 Å². The molecule has 0 saturated heterocycles. The SMILES string of the molecule is CC(C)C(N(C)C)C(C)(C)C. The number of rotatable bonds is 2. The van der Waals surface area contributed by atoms with Crippen molar-refractivity contribution >= 4 is 0 Å². The van der Waals surface area contributed by atoms with Gasteiger partial charge in [0, 0.05) is 6.04 Å². The Hall–Kier alpha value is -0.0400. The molecule has 0 amide bonds. The molecule has 0 aromatic carbocycles. The Kier molecular flexibility index (Phi) is 3.56. The normalized spacial score (nSPS) is 16.1. The highest BCUT2D eigenvalue weighted by Gasteiger charge is 2.28. The van der Waals surface area contributed by atoms with Gasteiger partial charge in [0.2, 0.25) is 0 Å². The summed E-state index contributed by atoms with van der Waals surface area (Å²) in [7, 11) is 4.33. The maximum Gasteiger partial charge on any atom is 0.0161 e. The van der Waals surface area contributed by atoms with Gasteiger partial charge in [-0.05, 0) is 25.4 Å². The van der Waals surface area contributed by atoms with E-state index in [1.807, 2.05) is 0 Å². The van der Waals surface area contributed by atoms with E-state index in [4.69, 9.17) is 0 Å². The van der Waals surface area contributed by atoms with Crippen LogP contribution in [0.4, 0.5) is 0 Å². The predicted octanol–water partition coefficient (Wildman–Crippen LogP) is 2.62. The summed E-state index contributed by atoms with van der Waals surface area (Å²) in [5.74, 6) is 0.727. The van der Waals surface area contributed by atoms with Crippen molar-refractivity contribution in [2.45, 2.75) is 40.7 Å². The summed E-state index contributed by atoms with van der Waals surface area (Å²) in [5.41, 5.74) is 0.387. The second kappa shape index (κ2) is 3.57. The molecule has 0 aliphatic rings. The van der Waals surface area contributed by atoms with E-state index >= 15 is 0 Å².